The summed E-state index contributed by atoms with van der Waals surface area (Å²) >= 11 is 0. The van der Waals surface area contributed by atoms with Gasteiger partial charge in [-0.2, -0.15) is 0 Å². The Morgan fingerprint density at radius 1 is 0.371 bits per heavy atom. The highest BCUT2D eigenvalue weighted by Crippen LogP contribution is 2.15. The summed E-state index contributed by atoms with van der Waals surface area (Å²) in [6.07, 6.45) is 57.8. The first-order valence-electron chi connectivity index (χ1n) is 33.0. The smallest absolute Gasteiger partial charge is 0.0776 e. The molecule has 504 valence electrons. The minimum atomic E-state index is 0.226. The van der Waals surface area contributed by atoms with E-state index >= 15 is 0 Å². The molecule has 0 fully saturated rings. The van der Waals surface area contributed by atoms with E-state index in [-0.39, 0.29) is 6.10 Å². The average Bonchev–Trinajstić information content (AvgIpc) is 3.47. The van der Waals surface area contributed by atoms with E-state index in [0.29, 0.717) is 0 Å². The molecule has 0 N–H and O–H groups in total. The topological polar surface area (TPSA) is 18.5 Å². The number of hydrogen-bond acceptors (Lipinski definition) is 2. The Morgan fingerprint density at radius 3 is 1.15 bits per heavy atom. The van der Waals surface area contributed by atoms with Crippen LogP contribution in [-0.2, 0) is 9.47 Å². The van der Waals surface area contributed by atoms with Gasteiger partial charge in [-0.15, -0.1) is 26.3 Å². The third-order valence-corrected chi connectivity index (χ3v) is 12.7. The highest BCUT2D eigenvalue weighted by molar-refractivity contribution is 5.18. The van der Waals surface area contributed by atoms with Crippen molar-refractivity contribution in [3.63, 3.8) is 0 Å². The van der Waals surface area contributed by atoms with E-state index in [2.05, 4.69) is 269 Å². The molecule has 0 spiro atoms. The molecule has 0 aromatic rings. The summed E-state index contributed by atoms with van der Waals surface area (Å²) in [7, 11) is 3.46. The van der Waals surface area contributed by atoms with Crippen LogP contribution in [0.5, 0.6) is 0 Å². The second kappa shape index (κ2) is 71.3. The van der Waals surface area contributed by atoms with E-state index in [9.17, 15) is 0 Å². The van der Waals surface area contributed by atoms with Crippen LogP contribution >= 0.6 is 0 Å². The monoisotopic (exact) mass is 1220 g/mol. The van der Waals surface area contributed by atoms with Gasteiger partial charge in [-0.3, -0.25) is 0 Å². The summed E-state index contributed by atoms with van der Waals surface area (Å²) in [5.74, 6) is 0. The molecule has 2 nitrogen and oxygen atoms in total. The number of allylic oxidation sites excluding steroid dienone is 32. The van der Waals surface area contributed by atoms with E-state index in [1.54, 1.807) is 14.2 Å². The molecule has 0 saturated carbocycles. The number of ether oxygens (including phenoxy) is 2. The molecule has 0 bridgehead atoms. The highest BCUT2D eigenvalue weighted by Gasteiger charge is 2.06. The number of unbranched alkanes of at least 4 members (excludes halogenated alkanes) is 1. The van der Waals surface area contributed by atoms with Crippen LogP contribution in [0.3, 0.4) is 0 Å². The van der Waals surface area contributed by atoms with Gasteiger partial charge in [0.1, 0.15) is 0 Å². The van der Waals surface area contributed by atoms with Crippen LogP contribution in [0.1, 0.15) is 260 Å². The minimum absolute atomic E-state index is 0.226. The van der Waals surface area contributed by atoms with Crippen LogP contribution in [0.25, 0.3) is 0 Å². The lowest BCUT2D eigenvalue weighted by molar-refractivity contribution is 0.123. The number of rotatable bonds is 38. The predicted octanol–water partition coefficient (Wildman–Crippen LogP) is 29.2. The first-order valence-corrected chi connectivity index (χ1v) is 33.0. The molecule has 0 radical (unpaired) electrons. The van der Waals surface area contributed by atoms with Gasteiger partial charge in [-0.05, 0) is 260 Å². The fourth-order valence-corrected chi connectivity index (χ4v) is 7.10. The van der Waals surface area contributed by atoms with E-state index in [4.69, 9.17) is 9.47 Å². The minimum Gasteiger partial charge on any atom is -0.380 e. The lowest BCUT2D eigenvalue weighted by atomic mass is 10.0. The van der Waals surface area contributed by atoms with Gasteiger partial charge >= 0.3 is 0 Å². The summed E-state index contributed by atoms with van der Waals surface area (Å²) in [5.41, 5.74) is 22.1. The highest BCUT2D eigenvalue weighted by atomic mass is 16.5. The molecule has 1 unspecified atom stereocenters. The zero-order valence-corrected chi connectivity index (χ0v) is 62.9. The molecular formula is C87H144O2. The SMILES string of the molecule is C=C(C)/C=C/CCC(=C)C.C=C(C)CCC/C=C(\C)COC.C=C(C)CCCC(OC)C(=C)C.C=C/C(C)=C/C/C=C(\C)CCC=C(C)C.C=C/C(C)=C/CC/C(C)=C/CCC(=C)C.C=CC(=C)CC/C=C(\C)CCC=C(C)C.CC(C)=C/C=C/C=C(C)C. The Kier molecular flexibility index (Phi) is 77.5. The molecule has 0 aliphatic heterocycles. The van der Waals surface area contributed by atoms with E-state index in [0.717, 1.165) is 126 Å². The molecule has 0 saturated heterocycles. The van der Waals surface area contributed by atoms with Crippen LogP contribution in [0.4, 0.5) is 0 Å². The third kappa shape index (κ3) is 101. The van der Waals surface area contributed by atoms with Gasteiger partial charge in [-0.1, -0.05) is 238 Å². The van der Waals surface area contributed by atoms with E-state index < -0.39 is 0 Å². The molecule has 0 amide bonds. The lowest BCUT2D eigenvalue weighted by Crippen LogP contribution is -2.10. The van der Waals surface area contributed by atoms with E-state index in [1.165, 1.54) is 97.3 Å². The maximum absolute atomic E-state index is 5.26. The Labute approximate surface area is 557 Å². The molecule has 89 heavy (non-hydrogen) atoms. The summed E-state index contributed by atoms with van der Waals surface area (Å²) in [6.45, 7) is 81.0. The maximum Gasteiger partial charge on any atom is 0.0776 e. The largest absolute Gasteiger partial charge is 0.380 e. The lowest BCUT2D eigenvalue weighted by Gasteiger charge is -2.14. The van der Waals surface area contributed by atoms with Gasteiger partial charge in [-0.25, -0.2) is 0 Å². The van der Waals surface area contributed by atoms with Gasteiger partial charge in [0.2, 0.25) is 0 Å². The van der Waals surface area contributed by atoms with Crippen molar-refractivity contribution >= 4 is 0 Å². The van der Waals surface area contributed by atoms with Gasteiger partial charge in [0.15, 0.2) is 0 Å². The van der Waals surface area contributed by atoms with Gasteiger partial charge in [0.05, 0.1) is 12.7 Å². The normalized spacial score (nSPS) is 11.6. The quantitative estimate of drug-likeness (QED) is 0.0348. The third-order valence-electron chi connectivity index (χ3n) is 12.7. The van der Waals surface area contributed by atoms with Crippen molar-refractivity contribution in [2.75, 3.05) is 20.8 Å². The number of hydrogen-bond donors (Lipinski definition) is 0. The van der Waals surface area contributed by atoms with Crippen molar-refractivity contribution in [1.29, 1.82) is 0 Å². The van der Waals surface area contributed by atoms with Gasteiger partial charge in [0, 0.05) is 14.2 Å². The van der Waals surface area contributed by atoms with Crippen LogP contribution < -0.4 is 0 Å². The molecule has 0 aliphatic rings. The van der Waals surface area contributed by atoms with Gasteiger partial charge in [0.25, 0.3) is 0 Å². The second-order valence-electron chi connectivity index (χ2n) is 25.1. The zero-order chi connectivity index (χ0) is 70.0. The Balaban J connectivity index is -0.000000177. The van der Waals surface area contributed by atoms with Crippen LogP contribution in [0, 0.1) is 0 Å². The Hall–Kier alpha value is -5.80. The maximum atomic E-state index is 5.26. The van der Waals surface area contributed by atoms with Crippen LogP contribution in [-0.4, -0.2) is 26.9 Å². The summed E-state index contributed by atoms with van der Waals surface area (Å²) < 4.78 is 10.3. The Morgan fingerprint density at radius 2 is 0.764 bits per heavy atom. The van der Waals surface area contributed by atoms with Crippen LogP contribution in [0.2, 0.25) is 0 Å². The molecule has 0 aliphatic carbocycles. The summed E-state index contributed by atoms with van der Waals surface area (Å²) in [6, 6.07) is 0. The molecule has 1 atom stereocenters. The molecule has 0 aromatic heterocycles. The first-order chi connectivity index (χ1) is 41.7. The average molecular weight is 1220 g/mol. The fourth-order valence-electron chi connectivity index (χ4n) is 7.10. The van der Waals surface area contributed by atoms with E-state index in [1.807, 2.05) is 38.2 Å². The molecule has 0 heterocycles. The van der Waals surface area contributed by atoms with Crippen molar-refractivity contribution < 1.29 is 9.47 Å². The molecule has 2 heteroatoms. The van der Waals surface area contributed by atoms with Crippen molar-refractivity contribution in [2.24, 2.45) is 0 Å². The van der Waals surface area contributed by atoms with Crippen molar-refractivity contribution in [3.05, 3.63) is 264 Å². The summed E-state index contributed by atoms with van der Waals surface area (Å²) in [5, 5.41) is 0. The summed E-state index contributed by atoms with van der Waals surface area (Å²) in [4.78, 5) is 0. The fraction of sp³-hybridized carbons (Fsp3) is 0.494. The zero-order valence-electron chi connectivity index (χ0n) is 62.9. The molecule has 0 rings (SSSR count). The second-order valence-corrected chi connectivity index (χ2v) is 25.1. The molecule has 0 aromatic carbocycles. The van der Waals surface area contributed by atoms with Gasteiger partial charge < -0.3 is 9.47 Å². The Bertz CT molecular complexity index is 2320. The van der Waals surface area contributed by atoms with Crippen LogP contribution in [0.15, 0.2) is 264 Å². The standard InChI is InChI=1S/3C15H24.2C11H20O.2C10H16/c3*1-6-14(4)10-8-12-15(5)11-7-9-13(2)3;1-9(2)7-6-8-11(12-5)10(3)4;1-10(2)7-5-6-8-11(3)9-12-4;2*1-9(2)7-5-6-8-10(3)4/h6,9-10,12H,1,7-8,11H2,2-5H3;6,9,12H,1,4,7-8,10-11H2,2-3,5H3;6,10-11H,1-2,7-9,12H2,3-5H3;11H,1,3,6-8H2,2,4-5H3;8H,1,5-7,9H2,2-4H3;5-8H,1-4H3;5,7H,1,3,6,8H2,2,4H3/b14-10+,15-12+;15-12+;14-10+,15-11+;;11-8+;6-5+;7-5+. The first kappa shape index (κ1) is 96.8. The van der Waals surface area contributed by atoms with Crippen molar-refractivity contribution in [3.8, 4) is 0 Å². The van der Waals surface area contributed by atoms with Crippen molar-refractivity contribution in [1.82, 2.24) is 0 Å². The number of methoxy groups -OCH3 is 2. The predicted molar refractivity (Wildman–Crippen MR) is 418 cm³/mol. The molecular weight excluding hydrogens is 1080 g/mol. The van der Waals surface area contributed by atoms with Crippen molar-refractivity contribution in [2.45, 2.75) is 267 Å².